The Labute approximate surface area is 132 Å². The molecule has 3 rings (SSSR count). The summed E-state index contributed by atoms with van der Waals surface area (Å²) in [5, 5.41) is 7.71. The fraction of sp³-hybridized carbons (Fsp3) is 0.188. The van der Waals surface area contributed by atoms with E-state index in [1.54, 1.807) is 16.9 Å². The second-order valence-electron chi connectivity index (χ2n) is 4.80. The van der Waals surface area contributed by atoms with Crippen LogP contribution in [-0.2, 0) is 6.42 Å². The molecular formula is C16H16N4OS. The SMILES string of the molecule is CCc1nc(NC(=O)c2ccccc2-n2cccn2)sc1C. The van der Waals surface area contributed by atoms with E-state index in [4.69, 9.17) is 0 Å². The second kappa shape index (κ2) is 6.11. The highest BCUT2D eigenvalue weighted by Crippen LogP contribution is 2.23. The largest absolute Gasteiger partial charge is 0.298 e. The van der Waals surface area contributed by atoms with Crippen molar-refractivity contribution in [2.45, 2.75) is 20.3 Å². The maximum atomic E-state index is 12.6. The highest BCUT2D eigenvalue weighted by Gasteiger charge is 2.15. The van der Waals surface area contributed by atoms with Gasteiger partial charge in [-0.15, -0.1) is 11.3 Å². The average molecular weight is 312 g/mol. The number of para-hydroxylation sites is 1. The topological polar surface area (TPSA) is 59.8 Å². The Bertz CT molecular complexity index is 792. The molecule has 2 aromatic heterocycles. The Kier molecular flexibility index (Phi) is 4.02. The molecule has 1 N–H and O–H groups in total. The first-order chi connectivity index (χ1) is 10.7. The first-order valence-corrected chi connectivity index (χ1v) is 7.87. The molecule has 5 nitrogen and oxygen atoms in total. The van der Waals surface area contributed by atoms with Crippen molar-refractivity contribution < 1.29 is 4.79 Å². The van der Waals surface area contributed by atoms with Crippen molar-refractivity contribution in [2.24, 2.45) is 0 Å². The Morgan fingerprint density at radius 1 is 1.32 bits per heavy atom. The Hall–Kier alpha value is -2.47. The summed E-state index contributed by atoms with van der Waals surface area (Å²) in [6, 6.07) is 9.20. The van der Waals surface area contributed by atoms with E-state index in [2.05, 4.69) is 22.3 Å². The molecule has 0 spiro atoms. The smallest absolute Gasteiger partial charge is 0.259 e. The van der Waals surface area contributed by atoms with Crippen molar-refractivity contribution in [3.8, 4) is 5.69 Å². The van der Waals surface area contributed by atoms with Gasteiger partial charge < -0.3 is 0 Å². The molecular weight excluding hydrogens is 296 g/mol. The third-order valence-electron chi connectivity index (χ3n) is 3.35. The van der Waals surface area contributed by atoms with Crippen LogP contribution in [0.3, 0.4) is 0 Å². The molecule has 0 saturated heterocycles. The van der Waals surface area contributed by atoms with Crippen LogP contribution in [0.15, 0.2) is 42.7 Å². The highest BCUT2D eigenvalue weighted by atomic mass is 32.1. The molecule has 0 aliphatic carbocycles. The van der Waals surface area contributed by atoms with Gasteiger partial charge in [-0.2, -0.15) is 5.10 Å². The zero-order valence-corrected chi connectivity index (χ0v) is 13.2. The lowest BCUT2D eigenvalue weighted by Gasteiger charge is -2.08. The molecule has 0 unspecified atom stereocenters. The summed E-state index contributed by atoms with van der Waals surface area (Å²) < 4.78 is 1.68. The lowest BCUT2D eigenvalue weighted by Crippen LogP contribution is -2.15. The molecule has 0 radical (unpaired) electrons. The van der Waals surface area contributed by atoms with Gasteiger partial charge in [-0.1, -0.05) is 19.1 Å². The number of rotatable bonds is 4. The number of aryl methyl sites for hydroxylation is 2. The Morgan fingerprint density at radius 3 is 2.82 bits per heavy atom. The molecule has 0 atom stereocenters. The predicted molar refractivity (Wildman–Crippen MR) is 87.7 cm³/mol. The third-order valence-corrected chi connectivity index (χ3v) is 4.28. The molecule has 2 heterocycles. The third kappa shape index (κ3) is 2.78. The van der Waals surface area contributed by atoms with Crippen LogP contribution in [0, 0.1) is 6.92 Å². The number of carbonyl (C=O) groups excluding carboxylic acids is 1. The summed E-state index contributed by atoms with van der Waals surface area (Å²) in [5.74, 6) is -0.178. The van der Waals surface area contributed by atoms with Gasteiger partial charge in [0.2, 0.25) is 0 Å². The number of carbonyl (C=O) groups is 1. The van der Waals surface area contributed by atoms with Crippen molar-refractivity contribution >= 4 is 22.4 Å². The van der Waals surface area contributed by atoms with E-state index in [0.717, 1.165) is 22.7 Å². The van der Waals surface area contributed by atoms with Crippen LogP contribution in [0.5, 0.6) is 0 Å². The normalized spacial score (nSPS) is 10.6. The number of amides is 1. The van der Waals surface area contributed by atoms with Gasteiger partial charge in [0.15, 0.2) is 5.13 Å². The fourth-order valence-corrected chi connectivity index (χ4v) is 3.15. The van der Waals surface area contributed by atoms with Gasteiger partial charge in [-0.3, -0.25) is 10.1 Å². The molecule has 112 valence electrons. The summed E-state index contributed by atoms with van der Waals surface area (Å²) >= 11 is 1.50. The van der Waals surface area contributed by atoms with Crippen LogP contribution in [-0.4, -0.2) is 20.7 Å². The summed E-state index contributed by atoms with van der Waals surface area (Å²) in [4.78, 5) is 18.1. The van der Waals surface area contributed by atoms with Gasteiger partial charge in [0, 0.05) is 17.3 Å². The zero-order valence-electron chi connectivity index (χ0n) is 12.4. The summed E-state index contributed by atoms with van der Waals surface area (Å²) in [6.45, 7) is 4.07. The van der Waals surface area contributed by atoms with Crippen LogP contribution in [0.25, 0.3) is 5.69 Å². The number of thiazole rings is 1. The van der Waals surface area contributed by atoms with E-state index < -0.39 is 0 Å². The fourth-order valence-electron chi connectivity index (χ4n) is 2.25. The Balaban J connectivity index is 1.89. The van der Waals surface area contributed by atoms with Gasteiger partial charge >= 0.3 is 0 Å². The van der Waals surface area contributed by atoms with Crippen LogP contribution < -0.4 is 5.32 Å². The van der Waals surface area contributed by atoms with Crippen molar-refractivity contribution in [1.29, 1.82) is 0 Å². The van der Waals surface area contributed by atoms with Crippen molar-refractivity contribution in [1.82, 2.24) is 14.8 Å². The molecule has 0 bridgehead atoms. The first kappa shape index (κ1) is 14.5. The van der Waals surface area contributed by atoms with E-state index in [1.165, 1.54) is 11.3 Å². The number of hydrogen-bond donors (Lipinski definition) is 1. The molecule has 1 aromatic carbocycles. The highest BCUT2D eigenvalue weighted by molar-refractivity contribution is 7.15. The van der Waals surface area contributed by atoms with Gasteiger partial charge in [0.05, 0.1) is 16.9 Å². The number of aromatic nitrogens is 3. The van der Waals surface area contributed by atoms with E-state index in [1.807, 2.05) is 37.4 Å². The molecule has 22 heavy (non-hydrogen) atoms. The number of benzene rings is 1. The van der Waals surface area contributed by atoms with Crippen molar-refractivity contribution in [2.75, 3.05) is 5.32 Å². The molecule has 3 aromatic rings. The van der Waals surface area contributed by atoms with Crippen molar-refractivity contribution in [3.05, 3.63) is 58.9 Å². The monoisotopic (exact) mass is 312 g/mol. The Morgan fingerprint density at radius 2 is 2.14 bits per heavy atom. The minimum Gasteiger partial charge on any atom is -0.298 e. The van der Waals surface area contributed by atoms with Crippen LogP contribution in [0.2, 0.25) is 0 Å². The number of nitrogens with zero attached hydrogens (tertiary/aromatic N) is 3. The predicted octanol–water partition coefficient (Wildman–Crippen LogP) is 3.45. The average Bonchev–Trinajstić information content (AvgIpc) is 3.17. The molecule has 0 aliphatic rings. The maximum Gasteiger partial charge on any atom is 0.259 e. The summed E-state index contributed by atoms with van der Waals surface area (Å²) in [5.41, 5.74) is 2.34. The summed E-state index contributed by atoms with van der Waals surface area (Å²) in [6.07, 6.45) is 4.36. The second-order valence-corrected chi connectivity index (χ2v) is 6.00. The summed E-state index contributed by atoms with van der Waals surface area (Å²) in [7, 11) is 0. The molecule has 0 saturated carbocycles. The molecule has 0 fully saturated rings. The minimum absolute atomic E-state index is 0.178. The van der Waals surface area contributed by atoms with Gasteiger partial charge in [-0.25, -0.2) is 9.67 Å². The molecule has 6 heteroatoms. The molecule has 0 aliphatic heterocycles. The van der Waals surface area contributed by atoms with Crippen LogP contribution in [0.4, 0.5) is 5.13 Å². The lowest BCUT2D eigenvalue weighted by atomic mass is 10.1. The lowest BCUT2D eigenvalue weighted by molar-refractivity contribution is 0.102. The standard InChI is InChI=1S/C16H16N4OS/c1-3-13-11(2)22-16(18-13)19-15(21)12-7-4-5-8-14(12)20-10-6-9-17-20/h4-10H,3H2,1-2H3,(H,18,19,21). The number of nitrogens with one attached hydrogen (secondary N) is 1. The van der Waals surface area contributed by atoms with Crippen LogP contribution >= 0.6 is 11.3 Å². The van der Waals surface area contributed by atoms with E-state index in [0.29, 0.717) is 10.7 Å². The quantitative estimate of drug-likeness (QED) is 0.802. The zero-order chi connectivity index (χ0) is 15.5. The van der Waals surface area contributed by atoms with E-state index in [-0.39, 0.29) is 5.91 Å². The molecule has 1 amide bonds. The number of anilines is 1. The first-order valence-electron chi connectivity index (χ1n) is 7.05. The van der Waals surface area contributed by atoms with E-state index in [9.17, 15) is 4.79 Å². The van der Waals surface area contributed by atoms with Gasteiger partial charge in [0.25, 0.3) is 5.91 Å². The van der Waals surface area contributed by atoms with E-state index >= 15 is 0 Å². The van der Waals surface area contributed by atoms with Crippen molar-refractivity contribution in [3.63, 3.8) is 0 Å². The number of hydrogen-bond acceptors (Lipinski definition) is 4. The van der Waals surface area contributed by atoms with Crippen LogP contribution in [0.1, 0.15) is 27.9 Å². The van der Waals surface area contributed by atoms with Gasteiger partial charge in [0.1, 0.15) is 0 Å². The maximum absolute atomic E-state index is 12.6. The van der Waals surface area contributed by atoms with Gasteiger partial charge in [-0.05, 0) is 31.5 Å². The minimum atomic E-state index is -0.178.